The Morgan fingerprint density at radius 3 is 2.74 bits per heavy atom. The fourth-order valence-electron chi connectivity index (χ4n) is 1.66. The Kier molecular flexibility index (Phi) is 4.52. The molecule has 1 aromatic carbocycles. The maximum Gasteiger partial charge on any atom is 0.172 e. The van der Waals surface area contributed by atoms with E-state index in [2.05, 4.69) is 10.3 Å². The molecular weight excluding hydrogens is 266 g/mol. The standard InChI is InChI=1S/C13H14ClN3O2/c1-2-7-17-13(12(8-18)15-16-17)9-19-11-5-3-10(14)4-6-11/h3-6,8H,2,7,9H2,1H3. The van der Waals surface area contributed by atoms with Gasteiger partial charge < -0.3 is 4.74 Å². The number of aldehydes is 1. The minimum Gasteiger partial charge on any atom is -0.487 e. The smallest absolute Gasteiger partial charge is 0.172 e. The van der Waals surface area contributed by atoms with Crippen molar-refractivity contribution in [2.24, 2.45) is 0 Å². The lowest BCUT2D eigenvalue weighted by Gasteiger charge is -2.08. The Hall–Kier alpha value is -1.88. The Balaban J connectivity index is 2.11. The third-order valence-corrected chi connectivity index (χ3v) is 2.86. The Morgan fingerprint density at radius 2 is 2.11 bits per heavy atom. The summed E-state index contributed by atoms with van der Waals surface area (Å²) in [5.74, 6) is 0.686. The van der Waals surface area contributed by atoms with Crippen LogP contribution in [-0.4, -0.2) is 21.3 Å². The van der Waals surface area contributed by atoms with Crippen molar-refractivity contribution in [1.82, 2.24) is 15.0 Å². The zero-order chi connectivity index (χ0) is 13.7. The van der Waals surface area contributed by atoms with Gasteiger partial charge in [-0.05, 0) is 30.7 Å². The largest absolute Gasteiger partial charge is 0.487 e. The van der Waals surface area contributed by atoms with Crippen molar-refractivity contribution in [1.29, 1.82) is 0 Å². The van der Waals surface area contributed by atoms with E-state index < -0.39 is 0 Å². The first-order valence-corrected chi connectivity index (χ1v) is 6.38. The highest BCUT2D eigenvalue weighted by Crippen LogP contribution is 2.17. The molecule has 5 nitrogen and oxygen atoms in total. The van der Waals surface area contributed by atoms with Crippen molar-refractivity contribution in [3.63, 3.8) is 0 Å². The van der Waals surface area contributed by atoms with Crippen molar-refractivity contribution in [3.8, 4) is 5.75 Å². The Morgan fingerprint density at radius 1 is 1.37 bits per heavy atom. The molecule has 2 rings (SSSR count). The van der Waals surface area contributed by atoms with Crippen molar-refractivity contribution >= 4 is 17.9 Å². The van der Waals surface area contributed by atoms with Crippen LogP contribution in [0.2, 0.25) is 5.02 Å². The summed E-state index contributed by atoms with van der Waals surface area (Å²) in [6.45, 7) is 2.99. The second-order valence-corrected chi connectivity index (χ2v) is 4.44. The number of carbonyl (C=O) groups excluding carboxylic acids is 1. The summed E-state index contributed by atoms with van der Waals surface area (Å²) < 4.78 is 7.31. The fraction of sp³-hybridized carbons (Fsp3) is 0.308. The third-order valence-electron chi connectivity index (χ3n) is 2.60. The predicted octanol–water partition coefficient (Wildman–Crippen LogP) is 2.73. The maximum atomic E-state index is 10.9. The molecule has 100 valence electrons. The molecule has 19 heavy (non-hydrogen) atoms. The van der Waals surface area contributed by atoms with E-state index in [1.54, 1.807) is 28.9 Å². The number of nitrogens with zero attached hydrogens (tertiary/aromatic N) is 3. The number of hydrogen-bond donors (Lipinski definition) is 0. The normalized spacial score (nSPS) is 10.4. The minimum absolute atomic E-state index is 0.253. The van der Waals surface area contributed by atoms with E-state index in [0.717, 1.165) is 6.42 Å². The molecule has 0 aliphatic carbocycles. The molecule has 0 radical (unpaired) electrons. The molecule has 0 aliphatic heterocycles. The Bertz CT molecular complexity index is 552. The molecule has 0 fully saturated rings. The molecule has 0 unspecified atom stereocenters. The summed E-state index contributed by atoms with van der Waals surface area (Å²) in [4.78, 5) is 10.9. The first kappa shape index (κ1) is 13.5. The molecule has 0 atom stereocenters. The molecule has 2 aromatic rings. The van der Waals surface area contributed by atoms with E-state index in [9.17, 15) is 4.79 Å². The molecule has 1 aromatic heterocycles. The summed E-state index contributed by atoms with van der Waals surface area (Å²) in [5.41, 5.74) is 1.01. The van der Waals surface area contributed by atoms with Crippen LogP contribution in [-0.2, 0) is 13.2 Å². The van der Waals surface area contributed by atoms with Crippen LogP contribution in [0.25, 0.3) is 0 Å². The van der Waals surface area contributed by atoms with Crippen LogP contribution in [0.5, 0.6) is 5.75 Å². The van der Waals surface area contributed by atoms with Crippen LogP contribution in [0.15, 0.2) is 24.3 Å². The molecular formula is C13H14ClN3O2. The van der Waals surface area contributed by atoms with Gasteiger partial charge in [0.05, 0.1) is 0 Å². The number of rotatable bonds is 6. The highest BCUT2D eigenvalue weighted by Gasteiger charge is 2.12. The summed E-state index contributed by atoms with van der Waals surface area (Å²) >= 11 is 5.80. The average Bonchev–Trinajstić information content (AvgIpc) is 2.81. The first-order valence-electron chi connectivity index (χ1n) is 6.00. The molecule has 0 saturated carbocycles. The van der Waals surface area contributed by atoms with Gasteiger partial charge in [-0.15, -0.1) is 5.10 Å². The summed E-state index contributed by atoms with van der Waals surface area (Å²) in [7, 11) is 0. The number of aromatic nitrogens is 3. The van der Waals surface area contributed by atoms with Gasteiger partial charge in [0.15, 0.2) is 12.0 Å². The van der Waals surface area contributed by atoms with E-state index in [0.29, 0.717) is 35.0 Å². The quantitative estimate of drug-likeness (QED) is 0.763. The number of aryl methyl sites for hydroxylation is 1. The topological polar surface area (TPSA) is 57.0 Å². The molecule has 0 aliphatic rings. The van der Waals surface area contributed by atoms with Gasteiger partial charge >= 0.3 is 0 Å². The molecule has 0 bridgehead atoms. The number of halogens is 1. The predicted molar refractivity (Wildman–Crippen MR) is 71.5 cm³/mol. The van der Waals surface area contributed by atoms with Crippen molar-refractivity contribution in [2.75, 3.05) is 0 Å². The van der Waals surface area contributed by atoms with Gasteiger partial charge in [-0.2, -0.15) is 0 Å². The molecule has 0 spiro atoms. The van der Waals surface area contributed by atoms with Gasteiger partial charge in [0.1, 0.15) is 18.1 Å². The summed E-state index contributed by atoms with van der Waals surface area (Å²) in [6, 6.07) is 7.05. The molecule has 6 heteroatoms. The van der Waals surface area contributed by atoms with Gasteiger partial charge in [-0.3, -0.25) is 4.79 Å². The number of ether oxygens (including phenoxy) is 1. The molecule has 0 saturated heterocycles. The average molecular weight is 280 g/mol. The van der Waals surface area contributed by atoms with Gasteiger partial charge in [0.25, 0.3) is 0 Å². The lowest BCUT2D eigenvalue weighted by molar-refractivity contribution is 0.111. The summed E-state index contributed by atoms with van der Waals surface area (Å²) in [5, 5.41) is 8.41. The highest BCUT2D eigenvalue weighted by atomic mass is 35.5. The Labute approximate surface area is 116 Å². The van der Waals surface area contributed by atoms with Gasteiger partial charge in [0.2, 0.25) is 0 Å². The van der Waals surface area contributed by atoms with Gasteiger partial charge in [-0.1, -0.05) is 23.7 Å². The second kappa shape index (κ2) is 6.33. The number of benzene rings is 1. The van der Waals surface area contributed by atoms with E-state index in [1.807, 2.05) is 6.92 Å². The van der Waals surface area contributed by atoms with Crippen molar-refractivity contribution in [2.45, 2.75) is 26.5 Å². The van der Waals surface area contributed by atoms with Crippen molar-refractivity contribution < 1.29 is 9.53 Å². The SMILES string of the molecule is CCCn1nnc(C=O)c1COc1ccc(Cl)cc1. The van der Waals surface area contributed by atoms with E-state index >= 15 is 0 Å². The highest BCUT2D eigenvalue weighted by molar-refractivity contribution is 6.30. The molecule has 0 N–H and O–H groups in total. The number of hydrogen-bond acceptors (Lipinski definition) is 4. The van der Waals surface area contributed by atoms with Gasteiger partial charge in [0, 0.05) is 11.6 Å². The minimum atomic E-state index is 0.253. The maximum absolute atomic E-state index is 10.9. The van der Waals surface area contributed by atoms with Crippen LogP contribution in [0.1, 0.15) is 29.5 Å². The van der Waals surface area contributed by atoms with Crippen molar-refractivity contribution in [3.05, 3.63) is 40.7 Å². The van der Waals surface area contributed by atoms with Gasteiger partial charge in [-0.25, -0.2) is 4.68 Å². The second-order valence-electron chi connectivity index (χ2n) is 4.00. The van der Waals surface area contributed by atoms with Crippen LogP contribution >= 0.6 is 11.6 Å². The van der Waals surface area contributed by atoms with E-state index in [-0.39, 0.29) is 6.61 Å². The molecule has 1 heterocycles. The molecule has 0 amide bonds. The van der Waals surface area contributed by atoms with E-state index in [4.69, 9.17) is 16.3 Å². The van der Waals surface area contributed by atoms with Crippen LogP contribution in [0, 0.1) is 0 Å². The monoisotopic (exact) mass is 279 g/mol. The third kappa shape index (κ3) is 3.32. The zero-order valence-corrected chi connectivity index (χ0v) is 11.3. The van der Waals surface area contributed by atoms with E-state index in [1.165, 1.54) is 0 Å². The summed E-state index contributed by atoms with van der Waals surface area (Å²) in [6.07, 6.45) is 1.61. The zero-order valence-electron chi connectivity index (χ0n) is 10.5. The van der Waals surface area contributed by atoms with Crippen LogP contribution < -0.4 is 4.74 Å². The lowest BCUT2D eigenvalue weighted by atomic mass is 10.3. The van der Waals surface area contributed by atoms with Crippen LogP contribution in [0.3, 0.4) is 0 Å². The number of carbonyl (C=O) groups is 1. The lowest BCUT2D eigenvalue weighted by Crippen LogP contribution is -2.09. The first-order chi connectivity index (χ1) is 9.24. The fourth-order valence-corrected chi connectivity index (χ4v) is 1.79. The van der Waals surface area contributed by atoms with Crippen LogP contribution in [0.4, 0.5) is 0 Å².